The third-order valence-corrected chi connectivity index (χ3v) is 4.41. The Morgan fingerprint density at radius 2 is 2.00 bits per heavy atom. The molecule has 3 rings (SSSR count). The molecule has 2 aromatic rings. The predicted molar refractivity (Wildman–Crippen MR) is 89.8 cm³/mol. The van der Waals surface area contributed by atoms with Gasteiger partial charge in [0.05, 0.1) is 6.20 Å². The minimum absolute atomic E-state index is 0.197. The number of aromatic nitrogens is 2. The molecule has 0 saturated carbocycles. The Morgan fingerprint density at radius 1 is 1.21 bits per heavy atom. The van der Waals surface area contributed by atoms with Gasteiger partial charge in [0.15, 0.2) is 0 Å². The first-order chi connectivity index (χ1) is 11.6. The summed E-state index contributed by atoms with van der Waals surface area (Å²) in [7, 11) is 1.88. The van der Waals surface area contributed by atoms with Crippen LogP contribution in [-0.2, 0) is 24.8 Å². The van der Waals surface area contributed by atoms with E-state index in [1.165, 1.54) is 6.07 Å². The Labute approximate surface area is 141 Å². The van der Waals surface area contributed by atoms with E-state index in [2.05, 4.69) is 10.00 Å². The molecule has 0 aliphatic carbocycles. The maximum absolute atomic E-state index is 13.2. The molecule has 1 aliphatic heterocycles. The smallest absolute Gasteiger partial charge is 0.222 e. The number of amides is 1. The largest absolute Gasteiger partial charge is 0.340 e. The lowest BCUT2D eigenvalue weighted by Gasteiger charge is -2.34. The van der Waals surface area contributed by atoms with Crippen molar-refractivity contribution in [3.8, 4) is 0 Å². The number of hydrogen-bond acceptors (Lipinski definition) is 3. The Balaban J connectivity index is 1.43. The van der Waals surface area contributed by atoms with E-state index in [9.17, 15) is 9.18 Å². The second-order valence-corrected chi connectivity index (χ2v) is 6.31. The van der Waals surface area contributed by atoms with Crippen molar-refractivity contribution in [3.63, 3.8) is 0 Å². The Kier molecular flexibility index (Phi) is 5.25. The van der Waals surface area contributed by atoms with E-state index >= 15 is 0 Å². The van der Waals surface area contributed by atoms with Crippen LogP contribution in [0.3, 0.4) is 0 Å². The first-order valence-electron chi connectivity index (χ1n) is 8.32. The van der Waals surface area contributed by atoms with Crippen LogP contribution >= 0.6 is 0 Å². The van der Waals surface area contributed by atoms with Crippen molar-refractivity contribution in [2.45, 2.75) is 19.4 Å². The standard InChI is InChI=1S/C18H23FN4O/c1-21-13-16(12-20-21)5-6-18(24)23-9-7-22(8-10-23)14-15-3-2-4-17(19)11-15/h2-4,11-13H,5-10,14H2,1H3. The van der Waals surface area contributed by atoms with E-state index < -0.39 is 0 Å². The number of rotatable bonds is 5. The van der Waals surface area contributed by atoms with Gasteiger partial charge in [0.2, 0.25) is 5.91 Å². The second kappa shape index (κ2) is 7.57. The van der Waals surface area contributed by atoms with Crippen molar-refractivity contribution in [1.29, 1.82) is 0 Å². The lowest BCUT2D eigenvalue weighted by Crippen LogP contribution is -2.48. The van der Waals surface area contributed by atoms with Crippen LogP contribution in [-0.4, -0.2) is 51.7 Å². The molecule has 1 fully saturated rings. The predicted octanol–water partition coefficient (Wildman–Crippen LogP) is 1.84. The summed E-state index contributed by atoms with van der Waals surface area (Å²) in [5.74, 6) is 0.000902. The highest BCUT2D eigenvalue weighted by molar-refractivity contribution is 5.76. The van der Waals surface area contributed by atoms with Crippen LogP contribution in [0.15, 0.2) is 36.7 Å². The summed E-state index contributed by atoms with van der Waals surface area (Å²) in [6.07, 6.45) is 5.01. The van der Waals surface area contributed by atoms with E-state index in [0.29, 0.717) is 6.42 Å². The van der Waals surface area contributed by atoms with Crippen LogP contribution in [0.4, 0.5) is 4.39 Å². The molecule has 6 heteroatoms. The first kappa shape index (κ1) is 16.6. The third kappa shape index (κ3) is 4.41. The molecule has 0 radical (unpaired) electrons. The summed E-state index contributed by atoms with van der Waals surface area (Å²) in [6, 6.07) is 6.71. The van der Waals surface area contributed by atoms with Crippen molar-refractivity contribution in [2.75, 3.05) is 26.2 Å². The van der Waals surface area contributed by atoms with Crippen LogP contribution in [0, 0.1) is 5.82 Å². The first-order valence-corrected chi connectivity index (χ1v) is 8.32. The molecule has 0 spiro atoms. The maximum atomic E-state index is 13.2. The van der Waals surface area contributed by atoms with Gasteiger partial charge >= 0.3 is 0 Å². The number of halogens is 1. The molecule has 128 valence electrons. The second-order valence-electron chi connectivity index (χ2n) is 6.31. The number of aryl methyl sites for hydroxylation is 2. The van der Waals surface area contributed by atoms with Crippen LogP contribution in [0.1, 0.15) is 17.5 Å². The van der Waals surface area contributed by atoms with Gasteiger partial charge in [0.25, 0.3) is 0 Å². The van der Waals surface area contributed by atoms with Gasteiger partial charge in [-0.2, -0.15) is 5.10 Å². The van der Waals surface area contributed by atoms with E-state index in [1.54, 1.807) is 16.8 Å². The van der Waals surface area contributed by atoms with E-state index in [0.717, 1.165) is 50.3 Å². The molecule has 0 N–H and O–H groups in total. The fourth-order valence-corrected chi connectivity index (χ4v) is 3.06. The van der Waals surface area contributed by atoms with Gasteiger partial charge in [-0.05, 0) is 29.7 Å². The van der Waals surface area contributed by atoms with Crippen molar-refractivity contribution in [1.82, 2.24) is 19.6 Å². The Morgan fingerprint density at radius 3 is 2.67 bits per heavy atom. The monoisotopic (exact) mass is 330 g/mol. The molecule has 24 heavy (non-hydrogen) atoms. The fourth-order valence-electron chi connectivity index (χ4n) is 3.06. The van der Waals surface area contributed by atoms with Gasteiger partial charge in [0, 0.05) is 52.4 Å². The molecule has 1 amide bonds. The fraction of sp³-hybridized carbons (Fsp3) is 0.444. The van der Waals surface area contributed by atoms with Crippen molar-refractivity contribution in [2.24, 2.45) is 7.05 Å². The number of benzene rings is 1. The highest BCUT2D eigenvalue weighted by atomic mass is 19.1. The van der Waals surface area contributed by atoms with Crippen molar-refractivity contribution < 1.29 is 9.18 Å². The normalized spacial score (nSPS) is 15.7. The third-order valence-electron chi connectivity index (χ3n) is 4.41. The number of carbonyl (C=O) groups is 1. The molecular weight excluding hydrogens is 307 g/mol. The molecule has 0 atom stereocenters. The van der Waals surface area contributed by atoms with E-state index in [1.807, 2.05) is 30.4 Å². The number of carbonyl (C=O) groups excluding carboxylic acids is 1. The number of hydrogen-bond donors (Lipinski definition) is 0. The zero-order valence-electron chi connectivity index (χ0n) is 14.0. The molecular formula is C18H23FN4O. The quantitative estimate of drug-likeness (QED) is 0.840. The number of piperazine rings is 1. The van der Waals surface area contributed by atoms with Crippen LogP contribution in [0.25, 0.3) is 0 Å². The van der Waals surface area contributed by atoms with Crippen LogP contribution in [0.2, 0.25) is 0 Å². The molecule has 1 aliphatic rings. The SMILES string of the molecule is Cn1cc(CCC(=O)N2CCN(Cc3cccc(F)c3)CC2)cn1. The molecule has 1 saturated heterocycles. The minimum Gasteiger partial charge on any atom is -0.340 e. The molecule has 0 bridgehead atoms. The molecule has 0 unspecified atom stereocenters. The van der Waals surface area contributed by atoms with Crippen LogP contribution in [0.5, 0.6) is 0 Å². The molecule has 1 aromatic carbocycles. The zero-order valence-corrected chi connectivity index (χ0v) is 14.0. The maximum Gasteiger partial charge on any atom is 0.222 e. The van der Waals surface area contributed by atoms with E-state index in [-0.39, 0.29) is 11.7 Å². The van der Waals surface area contributed by atoms with Crippen molar-refractivity contribution in [3.05, 3.63) is 53.6 Å². The van der Waals surface area contributed by atoms with Gasteiger partial charge < -0.3 is 4.90 Å². The summed E-state index contributed by atoms with van der Waals surface area (Å²) < 4.78 is 15.0. The van der Waals surface area contributed by atoms with Crippen LogP contribution < -0.4 is 0 Å². The highest BCUT2D eigenvalue weighted by Gasteiger charge is 2.21. The molecule has 1 aromatic heterocycles. The zero-order chi connectivity index (χ0) is 16.9. The molecule has 5 nitrogen and oxygen atoms in total. The summed E-state index contributed by atoms with van der Waals surface area (Å²) in [5, 5.41) is 4.12. The Bertz CT molecular complexity index is 692. The van der Waals surface area contributed by atoms with Gasteiger partial charge in [-0.1, -0.05) is 12.1 Å². The summed E-state index contributed by atoms with van der Waals surface area (Å²) in [4.78, 5) is 16.5. The van der Waals surface area contributed by atoms with Gasteiger partial charge in [-0.25, -0.2) is 4.39 Å². The lowest BCUT2D eigenvalue weighted by atomic mass is 10.1. The van der Waals surface area contributed by atoms with Gasteiger partial charge in [0.1, 0.15) is 5.82 Å². The number of nitrogens with zero attached hydrogens (tertiary/aromatic N) is 4. The Hall–Kier alpha value is -2.21. The topological polar surface area (TPSA) is 41.4 Å². The van der Waals surface area contributed by atoms with Gasteiger partial charge in [-0.3, -0.25) is 14.4 Å². The minimum atomic E-state index is -0.197. The highest BCUT2D eigenvalue weighted by Crippen LogP contribution is 2.11. The molecule has 2 heterocycles. The average Bonchev–Trinajstić information content (AvgIpc) is 2.99. The van der Waals surface area contributed by atoms with Crippen molar-refractivity contribution >= 4 is 5.91 Å². The summed E-state index contributed by atoms with van der Waals surface area (Å²) >= 11 is 0. The average molecular weight is 330 g/mol. The lowest BCUT2D eigenvalue weighted by molar-refractivity contribution is -0.133. The summed E-state index contributed by atoms with van der Waals surface area (Å²) in [5.41, 5.74) is 2.07. The van der Waals surface area contributed by atoms with E-state index in [4.69, 9.17) is 0 Å². The summed E-state index contributed by atoms with van der Waals surface area (Å²) in [6.45, 7) is 3.86. The van der Waals surface area contributed by atoms with Gasteiger partial charge in [-0.15, -0.1) is 0 Å².